The van der Waals surface area contributed by atoms with Crippen LogP contribution in [0.2, 0.25) is 0 Å². The number of hydrogen-bond donors (Lipinski definition) is 4. The highest BCUT2D eigenvalue weighted by Gasteiger charge is 2.48. The molecule has 0 aromatic heterocycles. The van der Waals surface area contributed by atoms with Crippen LogP contribution in [-0.2, 0) is 9.59 Å². The lowest BCUT2D eigenvalue weighted by molar-refractivity contribution is -0.127. The lowest BCUT2D eigenvalue weighted by Crippen LogP contribution is -2.46. The molecule has 0 spiro atoms. The molecule has 6 N–H and O–H groups in total. The summed E-state index contributed by atoms with van der Waals surface area (Å²) in [6.07, 6.45) is 3.27. The maximum atomic E-state index is 12.0. The first kappa shape index (κ1) is 13.8. The molecule has 0 aliphatic heterocycles. The van der Waals surface area contributed by atoms with Gasteiger partial charge in [0.25, 0.3) is 0 Å². The molecule has 2 bridgehead atoms. The summed E-state index contributed by atoms with van der Waals surface area (Å²) in [7, 11) is 0. The van der Waals surface area contributed by atoms with E-state index in [0.717, 1.165) is 19.3 Å². The second kappa shape index (κ2) is 5.56. The Morgan fingerprint density at radius 1 is 1.16 bits per heavy atom. The van der Waals surface area contributed by atoms with Gasteiger partial charge in [0.05, 0.1) is 5.92 Å². The molecule has 2 saturated carbocycles. The predicted octanol–water partition coefficient (Wildman–Crippen LogP) is -0.939. The first-order chi connectivity index (χ1) is 8.99. The average Bonchev–Trinajstić information content (AvgIpc) is 2.87. The Morgan fingerprint density at radius 2 is 1.84 bits per heavy atom. The van der Waals surface area contributed by atoms with E-state index in [2.05, 4.69) is 5.32 Å². The van der Waals surface area contributed by atoms with Crippen molar-refractivity contribution in [3.05, 3.63) is 0 Å². The van der Waals surface area contributed by atoms with Crippen LogP contribution in [0.25, 0.3) is 0 Å². The molecular weight excluding hydrogens is 248 g/mol. The monoisotopic (exact) mass is 268 g/mol. The second-order valence-electron chi connectivity index (χ2n) is 5.39. The van der Waals surface area contributed by atoms with Crippen LogP contribution in [0.1, 0.15) is 25.7 Å². The summed E-state index contributed by atoms with van der Waals surface area (Å²) in [5.41, 5.74) is 10.9. The van der Waals surface area contributed by atoms with E-state index in [9.17, 15) is 14.4 Å². The number of amides is 4. The zero-order chi connectivity index (χ0) is 14.0. The van der Waals surface area contributed by atoms with Gasteiger partial charge in [0, 0.05) is 19.0 Å². The Hall–Kier alpha value is -1.63. The van der Waals surface area contributed by atoms with Crippen molar-refractivity contribution in [2.24, 2.45) is 29.2 Å². The summed E-state index contributed by atoms with van der Waals surface area (Å²) in [5, 5.41) is 4.66. The molecule has 4 amide bonds. The Balaban J connectivity index is 1.73. The molecule has 0 heterocycles. The number of imide groups is 1. The van der Waals surface area contributed by atoms with Gasteiger partial charge in [-0.2, -0.15) is 0 Å². The molecular formula is C12H20N4O3. The zero-order valence-corrected chi connectivity index (χ0v) is 10.7. The smallest absolute Gasteiger partial charge is 0.318 e. The largest absolute Gasteiger partial charge is 0.355 e. The molecule has 0 aromatic carbocycles. The molecule has 106 valence electrons. The topological polar surface area (TPSA) is 127 Å². The van der Waals surface area contributed by atoms with Gasteiger partial charge in [-0.25, -0.2) is 4.79 Å². The van der Waals surface area contributed by atoms with Crippen LogP contribution in [0.4, 0.5) is 4.79 Å². The van der Waals surface area contributed by atoms with Gasteiger partial charge < -0.3 is 16.8 Å². The fourth-order valence-electron chi connectivity index (χ4n) is 3.34. The molecule has 4 unspecified atom stereocenters. The SMILES string of the molecule is NC(=O)NC(=O)CCNC(=O)C1C2CCC(C2)C1N. The number of urea groups is 1. The molecule has 2 rings (SSSR count). The first-order valence-corrected chi connectivity index (χ1v) is 6.61. The molecule has 19 heavy (non-hydrogen) atoms. The van der Waals surface area contributed by atoms with Crippen molar-refractivity contribution in [2.75, 3.05) is 6.54 Å². The summed E-state index contributed by atoms with van der Waals surface area (Å²) in [4.78, 5) is 33.6. The van der Waals surface area contributed by atoms with Gasteiger partial charge in [-0.1, -0.05) is 0 Å². The molecule has 0 saturated heterocycles. The van der Waals surface area contributed by atoms with Crippen molar-refractivity contribution in [2.45, 2.75) is 31.7 Å². The third-order valence-electron chi connectivity index (χ3n) is 4.20. The summed E-state index contributed by atoms with van der Waals surface area (Å²) in [5.74, 6) is 0.160. The second-order valence-corrected chi connectivity index (χ2v) is 5.39. The number of nitrogens with two attached hydrogens (primary N) is 2. The number of fused-ring (bicyclic) bond motifs is 2. The lowest BCUT2D eigenvalue weighted by Gasteiger charge is -2.26. The van der Waals surface area contributed by atoms with E-state index in [1.54, 1.807) is 0 Å². The first-order valence-electron chi connectivity index (χ1n) is 6.61. The van der Waals surface area contributed by atoms with Crippen molar-refractivity contribution < 1.29 is 14.4 Å². The third kappa shape index (κ3) is 3.04. The average molecular weight is 268 g/mol. The molecule has 2 aliphatic carbocycles. The molecule has 4 atom stereocenters. The highest BCUT2D eigenvalue weighted by atomic mass is 16.2. The number of rotatable bonds is 4. The van der Waals surface area contributed by atoms with Crippen LogP contribution >= 0.6 is 0 Å². The highest BCUT2D eigenvalue weighted by Crippen LogP contribution is 2.47. The van der Waals surface area contributed by atoms with E-state index in [1.165, 1.54) is 0 Å². The van der Waals surface area contributed by atoms with Gasteiger partial charge in [-0.3, -0.25) is 14.9 Å². The predicted molar refractivity (Wildman–Crippen MR) is 67.6 cm³/mol. The van der Waals surface area contributed by atoms with Crippen LogP contribution < -0.4 is 22.1 Å². The maximum Gasteiger partial charge on any atom is 0.318 e. The van der Waals surface area contributed by atoms with E-state index in [1.807, 2.05) is 5.32 Å². The van der Waals surface area contributed by atoms with Crippen LogP contribution in [0.3, 0.4) is 0 Å². The minimum absolute atomic E-state index is 0.0325. The highest BCUT2D eigenvalue weighted by molar-refractivity contribution is 5.93. The van der Waals surface area contributed by atoms with Gasteiger partial charge in [0.2, 0.25) is 11.8 Å². The number of carbonyl (C=O) groups is 3. The quantitative estimate of drug-likeness (QED) is 0.524. The molecule has 0 aromatic rings. The lowest BCUT2D eigenvalue weighted by atomic mass is 9.84. The van der Waals surface area contributed by atoms with E-state index in [0.29, 0.717) is 11.8 Å². The van der Waals surface area contributed by atoms with Crippen LogP contribution in [0.15, 0.2) is 0 Å². The van der Waals surface area contributed by atoms with Gasteiger partial charge in [0.15, 0.2) is 0 Å². The third-order valence-corrected chi connectivity index (χ3v) is 4.20. The summed E-state index contributed by atoms with van der Waals surface area (Å²) >= 11 is 0. The minimum atomic E-state index is -0.883. The van der Waals surface area contributed by atoms with Gasteiger partial charge in [0.1, 0.15) is 0 Å². The Labute approximate surface area is 111 Å². The van der Waals surface area contributed by atoms with Gasteiger partial charge in [-0.15, -0.1) is 0 Å². The normalized spacial score (nSPS) is 32.1. The minimum Gasteiger partial charge on any atom is -0.355 e. The van der Waals surface area contributed by atoms with Crippen molar-refractivity contribution in [1.29, 1.82) is 0 Å². The number of nitrogens with one attached hydrogen (secondary N) is 2. The number of primary amides is 1. The van der Waals surface area contributed by atoms with E-state index >= 15 is 0 Å². The number of hydrogen-bond acceptors (Lipinski definition) is 4. The van der Waals surface area contributed by atoms with E-state index in [4.69, 9.17) is 11.5 Å². The fraction of sp³-hybridized carbons (Fsp3) is 0.750. The van der Waals surface area contributed by atoms with E-state index < -0.39 is 11.9 Å². The fourth-order valence-corrected chi connectivity index (χ4v) is 3.34. The molecule has 2 fully saturated rings. The van der Waals surface area contributed by atoms with Crippen LogP contribution in [-0.4, -0.2) is 30.4 Å². The van der Waals surface area contributed by atoms with Gasteiger partial charge in [-0.05, 0) is 31.1 Å². The maximum absolute atomic E-state index is 12.0. The zero-order valence-electron chi connectivity index (χ0n) is 10.7. The van der Waals surface area contributed by atoms with Crippen molar-refractivity contribution in [3.8, 4) is 0 Å². The Kier molecular flexibility index (Phi) is 4.04. The van der Waals surface area contributed by atoms with Crippen molar-refractivity contribution >= 4 is 17.8 Å². The standard InChI is InChI=1S/C12H20N4O3/c13-10-7-2-1-6(5-7)9(10)11(18)15-4-3-8(17)16-12(14)19/h6-7,9-10H,1-5,13H2,(H,15,18)(H3,14,16,17,19). The van der Waals surface area contributed by atoms with Gasteiger partial charge >= 0.3 is 6.03 Å². The molecule has 2 aliphatic rings. The van der Waals surface area contributed by atoms with E-state index in [-0.39, 0.29) is 30.8 Å². The number of carbonyl (C=O) groups excluding carboxylic acids is 3. The molecule has 0 radical (unpaired) electrons. The summed E-state index contributed by atoms with van der Waals surface area (Å²) in [6, 6.07) is -0.940. The van der Waals surface area contributed by atoms with Crippen molar-refractivity contribution in [1.82, 2.24) is 10.6 Å². The molecule has 7 nitrogen and oxygen atoms in total. The Morgan fingerprint density at radius 3 is 2.42 bits per heavy atom. The molecule has 7 heteroatoms. The Bertz CT molecular complexity index is 396. The van der Waals surface area contributed by atoms with Crippen molar-refractivity contribution in [3.63, 3.8) is 0 Å². The summed E-state index contributed by atoms with van der Waals surface area (Å²) < 4.78 is 0. The summed E-state index contributed by atoms with van der Waals surface area (Å²) in [6.45, 7) is 0.193. The van der Waals surface area contributed by atoms with Crippen LogP contribution in [0.5, 0.6) is 0 Å². The van der Waals surface area contributed by atoms with Crippen LogP contribution in [0, 0.1) is 17.8 Å².